The summed E-state index contributed by atoms with van der Waals surface area (Å²) in [5.74, 6) is 4.44. The maximum Gasteiger partial charge on any atom is 0.196 e. The van der Waals surface area contributed by atoms with Crippen molar-refractivity contribution in [3.05, 3.63) is 18.2 Å². The van der Waals surface area contributed by atoms with Crippen LogP contribution in [-0.4, -0.2) is 33.3 Å². The number of hydrogen-bond acceptors (Lipinski definition) is 3. The minimum atomic E-state index is 0. The number of rotatable bonds is 5. The molecule has 20 heavy (non-hydrogen) atoms. The van der Waals surface area contributed by atoms with Gasteiger partial charge in [0.05, 0.1) is 14.2 Å². The van der Waals surface area contributed by atoms with Crippen molar-refractivity contribution < 1.29 is 9.47 Å². The molecule has 0 aliphatic heterocycles. The zero-order valence-corrected chi connectivity index (χ0v) is 14.2. The standard InChI is InChI=1S/C14H19N3O2.HI/c1-5-9-16-14(15-6-2)17-11-7-8-12(18-3)13(10-11)19-4;/h1,7-8,10H,6,9H2,2-4H3,(H2,15,16,17);1H. The van der Waals surface area contributed by atoms with Gasteiger partial charge in [0.1, 0.15) is 6.54 Å². The van der Waals surface area contributed by atoms with E-state index >= 15 is 0 Å². The van der Waals surface area contributed by atoms with E-state index in [1.54, 1.807) is 14.2 Å². The van der Waals surface area contributed by atoms with Crippen molar-refractivity contribution in [1.29, 1.82) is 0 Å². The van der Waals surface area contributed by atoms with Gasteiger partial charge in [0.25, 0.3) is 0 Å². The second-order valence-corrected chi connectivity index (χ2v) is 3.59. The lowest BCUT2D eigenvalue weighted by molar-refractivity contribution is 0.355. The number of nitrogens with one attached hydrogen (secondary N) is 2. The van der Waals surface area contributed by atoms with E-state index in [0.717, 1.165) is 12.2 Å². The molecule has 0 aromatic heterocycles. The Morgan fingerprint density at radius 1 is 1.30 bits per heavy atom. The zero-order chi connectivity index (χ0) is 14.1. The molecule has 0 spiro atoms. The van der Waals surface area contributed by atoms with E-state index in [-0.39, 0.29) is 24.0 Å². The maximum atomic E-state index is 5.24. The first-order chi connectivity index (χ1) is 9.24. The minimum absolute atomic E-state index is 0. The van der Waals surface area contributed by atoms with Crippen LogP contribution in [0.1, 0.15) is 6.92 Å². The Morgan fingerprint density at radius 3 is 2.55 bits per heavy atom. The van der Waals surface area contributed by atoms with Crippen molar-refractivity contribution in [1.82, 2.24) is 5.32 Å². The summed E-state index contributed by atoms with van der Waals surface area (Å²) in [4.78, 5) is 4.21. The van der Waals surface area contributed by atoms with Crippen molar-refractivity contribution >= 4 is 35.6 Å². The second kappa shape index (κ2) is 10.2. The van der Waals surface area contributed by atoms with E-state index in [4.69, 9.17) is 15.9 Å². The van der Waals surface area contributed by atoms with Gasteiger partial charge in [-0.2, -0.15) is 0 Å². The molecule has 0 aliphatic carbocycles. The molecule has 0 atom stereocenters. The van der Waals surface area contributed by atoms with Crippen LogP contribution < -0.4 is 20.1 Å². The highest BCUT2D eigenvalue weighted by atomic mass is 127. The number of ether oxygens (including phenoxy) is 2. The van der Waals surface area contributed by atoms with Crippen LogP contribution in [0.2, 0.25) is 0 Å². The highest BCUT2D eigenvalue weighted by molar-refractivity contribution is 14.0. The van der Waals surface area contributed by atoms with Gasteiger partial charge in [0.2, 0.25) is 0 Å². The zero-order valence-electron chi connectivity index (χ0n) is 11.9. The Morgan fingerprint density at radius 2 is 2.00 bits per heavy atom. The second-order valence-electron chi connectivity index (χ2n) is 3.59. The molecule has 1 aromatic rings. The summed E-state index contributed by atoms with van der Waals surface area (Å²) < 4.78 is 10.4. The third-order valence-corrected chi connectivity index (χ3v) is 2.32. The van der Waals surface area contributed by atoms with Crippen LogP contribution in [0, 0.1) is 12.3 Å². The molecule has 6 heteroatoms. The fourth-order valence-electron chi connectivity index (χ4n) is 1.48. The van der Waals surface area contributed by atoms with E-state index in [9.17, 15) is 0 Å². The van der Waals surface area contributed by atoms with Gasteiger partial charge in [-0.1, -0.05) is 5.92 Å². The summed E-state index contributed by atoms with van der Waals surface area (Å²) in [6.45, 7) is 3.06. The molecule has 0 saturated heterocycles. The summed E-state index contributed by atoms with van der Waals surface area (Å²) in [7, 11) is 3.20. The topological polar surface area (TPSA) is 54.9 Å². The SMILES string of the molecule is C#CCN=C(NCC)Nc1ccc(OC)c(OC)c1.I. The number of halogens is 1. The molecule has 0 amide bonds. The Balaban J connectivity index is 0.00000361. The third kappa shape index (κ3) is 5.57. The third-order valence-electron chi connectivity index (χ3n) is 2.32. The maximum absolute atomic E-state index is 5.24. The number of aliphatic imine (C=N–C) groups is 1. The molecule has 0 heterocycles. The van der Waals surface area contributed by atoms with Gasteiger partial charge in [0.15, 0.2) is 17.5 Å². The van der Waals surface area contributed by atoms with Crippen molar-refractivity contribution in [2.24, 2.45) is 4.99 Å². The molecule has 1 aromatic carbocycles. The Kier molecular flexibility index (Phi) is 9.38. The number of anilines is 1. The lowest BCUT2D eigenvalue weighted by Gasteiger charge is -2.13. The Hall–Kier alpha value is -1.62. The van der Waals surface area contributed by atoms with Crippen molar-refractivity contribution in [2.45, 2.75) is 6.92 Å². The molecular formula is C14H20IN3O2. The normalized spacial score (nSPS) is 10.0. The monoisotopic (exact) mass is 389 g/mol. The molecule has 0 bridgehead atoms. The van der Waals surface area contributed by atoms with Crippen molar-refractivity contribution in [2.75, 3.05) is 32.6 Å². The van der Waals surface area contributed by atoms with Gasteiger partial charge >= 0.3 is 0 Å². The van der Waals surface area contributed by atoms with Gasteiger partial charge in [0, 0.05) is 18.3 Å². The van der Waals surface area contributed by atoms with Crippen LogP contribution in [0.3, 0.4) is 0 Å². The first-order valence-electron chi connectivity index (χ1n) is 5.96. The average molecular weight is 389 g/mol. The molecule has 1 rings (SSSR count). The van der Waals surface area contributed by atoms with Crippen molar-refractivity contribution in [3.63, 3.8) is 0 Å². The van der Waals surface area contributed by atoms with Crippen LogP contribution in [0.4, 0.5) is 5.69 Å². The Labute approximate surface area is 137 Å². The summed E-state index contributed by atoms with van der Waals surface area (Å²) in [6.07, 6.45) is 5.20. The van der Waals surface area contributed by atoms with E-state index in [1.165, 1.54) is 0 Å². The highest BCUT2D eigenvalue weighted by Crippen LogP contribution is 2.29. The van der Waals surface area contributed by atoms with Gasteiger partial charge in [-0.25, -0.2) is 4.99 Å². The lowest BCUT2D eigenvalue weighted by Crippen LogP contribution is -2.30. The van der Waals surface area contributed by atoms with Gasteiger partial charge in [-0.15, -0.1) is 30.4 Å². The van der Waals surface area contributed by atoms with Crippen molar-refractivity contribution in [3.8, 4) is 23.8 Å². The Bertz CT molecular complexity index is 484. The van der Waals surface area contributed by atoms with Gasteiger partial charge < -0.3 is 20.1 Å². The fraction of sp³-hybridized carbons (Fsp3) is 0.357. The summed E-state index contributed by atoms with van der Waals surface area (Å²) >= 11 is 0. The van der Waals surface area contributed by atoms with Gasteiger partial charge in [-0.05, 0) is 19.1 Å². The number of benzene rings is 1. The van der Waals surface area contributed by atoms with Crippen LogP contribution in [-0.2, 0) is 0 Å². The molecule has 0 aliphatic rings. The number of terminal acetylenes is 1. The molecule has 0 unspecified atom stereocenters. The first-order valence-corrected chi connectivity index (χ1v) is 5.96. The molecule has 110 valence electrons. The van der Waals surface area contributed by atoms with Gasteiger partial charge in [-0.3, -0.25) is 0 Å². The molecule has 2 N–H and O–H groups in total. The first kappa shape index (κ1) is 18.4. The number of nitrogens with zero attached hydrogens (tertiary/aromatic N) is 1. The number of methoxy groups -OCH3 is 2. The predicted molar refractivity (Wildman–Crippen MR) is 93.4 cm³/mol. The average Bonchev–Trinajstić information content (AvgIpc) is 2.44. The summed E-state index contributed by atoms with van der Waals surface area (Å²) in [5.41, 5.74) is 0.842. The molecular weight excluding hydrogens is 369 g/mol. The molecule has 0 fully saturated rings. The van der Waals surface area contributed by atoms with E-state index in [0.29, 0.717) is 24.0 Å². The minimum Gasteiger partial charge on any atom is -0.493 e. The lowest BCUT2D eigenvalue weighted by atomic mass is 10.3. The van der Waals surface area contributed by atoms with E-state index in [1.807, 2.05) is 25.1 Å². The fourth-order valence-corrected chi connectivity index (χ4v) is 1.48. The number of guanidine groups is 1. The molecule has 0 saturated carbocycles. The smallest absolute Gasteiger partial charge is 0.196 e. The van der Waals surface area contributed by atoms with Crippen LogP contribution in [0.25, 0.3) is 0 Å². The van der Waals surface area contributed by atoms with Crippen LogP contribution in [0.5, 0.6) is 11.5 Å². The highest BCUT2D eigenvalue weighted by Gasteiger charge is 2.05. The van der Waals surface area contributed by atoms with E-state index < -0.39 is 0 Å². The summed E-state index contributed by atoms with van der Waals surface area (Å²) in [6, 6.07) is 5.54. The van der Waals surface area contributed by atoms with E-state index in [2.05, 4.69) is 21.5 Å². The number of hydrogen-bond donors (Lipinski definition) is 2. The predicted octanol–water partition coefficient (Wildman–Crippen LogP) is 2.33. The van der Waals surface area contributed by atoms with Crippen LogP contribution >= 0.6 is 24.0 Å². The largest absolute Gasteiger partial charge is 0.493 e. The molecule has 0 radical (unpaired) electrons. The molecule has 5 nitrogen and oxygen atoms in total. The quantitative estimate of drug-likeness (QED) is 0.351. The summed E-state index contributed by atoms with van der Waals surface area (Å²) in [5, 5.41) is 6.25. The van der Waals surface area contributed by atoms with Crippen LogP contribution in [0.15, 0.2) is 23.2 Å².